The number of aromatic nitrogens is 2. The fourth-order valence-corrected chi connectivity index (χ4v) is 2.40. The van der Waals surface area contributed by atoms with Crippen molar-refractivity contribution in [1.29, 1.82) is 0 Å². The van der Waals surface area contributed by atoms with Gasteiger partial charge in [0.2, 0.25) is 0 Å². The summed E-state index contributed by atoms with van der Waals surface area (Å²) in [6.45, 7) is 2.25. The van der Waals surface area contributed by atoms with E-state index in [0.29, 0.717) is 48.7 Å². The highest BCUT2D eigenvalue weighted by atomic mass is 16.2. The topological polar surface area (TPSA) is 96.0 Å². The van der Waals surface area contributed by atoms with E-state index in [0.717, 1.165) is 0 Å². The normalized spacial score (nSPS) is 15.8. The van der Waals surface area contributed by atoms with Gasteiger partial charge in [0.1, 0.15) is 11.4 Å². The molecule has 2 aromatic heterocycles. The van der Waals surface area contributed by atoms with Crippen molar-refractivity contribution >= 4 is 11.8 Å². The number of rotatable bonds is 0. The minimum atomic E-state index is -0.230. The van der Waals surface area contributed by atoms with Crippen LogP contribution in [-0.2, 0) is 0 Å². The molecule has 118 valence electrons. The maximum Gasteiger partial charge on any atom is 0.253 e. The average Bonchev–Trinajstić information content (AvgIpc) is 2.60. The van der Waals surface area contributed by atoms with Crippen LogP contribution in [0.2, 0.25) is 0 Å². The zero-order chi connectivity index (χ0) is 16.1. The molecule has 3 heterocycles. The second kappa shape index (κ2) is 6.97. The fourth-order valence-electron chi connectivity index (χ4n) is 2.40. The Morgan fingerprint density at radius 1 is 0.739 bits per heavy atom. The summed E-state index contributed by atoms with van der Waals surface area (Å²) in [5.74, 6) is -0.461. The fraction of sp³-hybridized carbons (Fsp3) is 0.250. The van der Waals surface area contributed by atoms with Gasteiger partial charge in [0, 0.05) is 38.6 Å². The molecule has 2 amide bonds. The lowest BCUT2D eigenvalue weighted by Gasteiger charge is -2.11. The Balaban J connectivity index is 2.10. The molecule has 1 aliphatic heterocycles. The molecule has 0 bridgehead atoms. The molecular formula is C16H17N5O2. The van der Waals surface area contributed by atoms with E-state index in [-0.39, 0.29) is 11.8 Å². The first kappa shape index (κ1) is 15.1. The summed E-state index contributed by atoms with van der Waals surface area (Å²) in [5, 5.41) is 8.84. The average molecular weight is 311 g/mol. The molecule has 23 heavy (non-hydrogen) atoms. The van der Waals surface area contributed by atoms with E-state index in [9.17, 15) is 9.59 Å². The third kappa shape index (κ3) is 3.35. The number of amides is 2. The standard InChI is InChI=1S/C16H17N5O2/c22-15-11-3-1-5-18-13(11)14-12(4-2-6-19-14)16(23)21-10-8-17-7-9-20-15/h1-6,17H,7-10H2,(H,20,22)(H,21,23). The van der Waals surface area contributed by atoms with Gasteiger partial charge in [0.25, 0.3) is 11.8 Å². The van der Waals surface area contributed by atoms with Gasteiger partial charge in [-0.25, -0.2) is 0 Å². The van der Waals surface area contributed by atoms with Crippen LogP contribution >= 0.6 is 0 Å². The number of carbonyl (C=O) groups is 2. The maximum atomic E-state index is 12.4. The number of pyridine rings is 2. The lowest BCUT2D eigenvalue weighted by molar-refractivity contribution is 0.0946. The quantitative estimate of drug-likeness (QED) is 0.646. The Labute approximate surface area is 133 Å². The van der Waals surface area contributed by atoms with Crippen molar-refractivity contribution in [2.24, 2.45) is 0 Å². The van der Waals surface area contributed by atoms with Crippen molar-refractivity contribution in [2.45, 2.75) is 0 Å². The molecule has 1 aliphatic rings. The Kier molecular flexibility index (Phi) is 4.58. The van der Waals surface area contributed by atoms with Crippen LogP contribution in [0.1, 0.15) is 20.7 Å². The molecule has 3 rings (SSSR count). The summed E-state index contributed by atoms with van der Waals surface area (Å²) in [6.07, 6.45) is 3.17. The Bertz CT molecular complexity index is 670. The predicted molar refractivity (Wildman–Crippen MR) is 85.0 cm³/mol. The second-order valence-corrected chi connectivity index (χ2v) is 5.06. The van der Waals surface area contributed by atoms with Gasteiger partial charge < -0.3 is 16.0 Å². The molecule has 2 aromatic rings. The largest absolute Gasteiger partial charge is 0.351 e. The van der Waals surface area contributed by atoms with E-state index in [1.54, 1.807) is 36.7 Å². The molecule has 0 saturated heterocycles. The number of nitrogens with one attached hydrogen (secondary N) is 3. The Morgan fingerprint density at radius 3 is 1.70 bits per heavy atom. The maximum absolute atomic E-state index is 12.4. The molecule has 0 aliphatic carbocycles. The van der Waals surface area contributed by atoms with Crippen molar-refractivity contribution in [2.75, 3.05) is 26.2 Å². The summed E-state index contributed by atoms with van der Waals surface area (Å²) in [5.41, 5.74) is 1.62. The Hall–Kier alpha value is -2.80. The van der Waals surface area contributed by atoms with Gasteiger partial charge in [-0.15, -0.1) is 0 Å². The smallest absolute Gasteiger partial charge is 0.253 e. The van der Waals surface area contributed by atoms with E-state index >= 15 is 0 Å². The zero-order valence-electron chi connectivity index (χ0n) is 12.5. The first-order valence-electron chi connectivity index (χ1n) is 7.45. The number of fused-ring (bicyclic) bond motifs is 3. The van der Waals surface area contributed by atoms with Crippen molar-refractivity contribution < 1.29 is 9.59 Å². The van der Waals surface area contributed by atoms with E-state index in [1.807, 2.05) is 0 Å². The van der Waals surface area contributed by atoms with E-state index < -0.39 is 0 Å². The number of hydrogen-bond acceptors (Lipinski definition) is 5. The number of nitrogens with zero attached hydrogens (tertiary/aromatic N) is 2. The van der Waals surface area contributed by atoms with Crippen LogP contribution in [0, 0.1) is 0 Å². The lowest BCUT2D eigenvalue weighted by Crippen LogP contribution is -2.36. The number of carbonyl (C=O) groups excluding carboxylic acids is 2. The van der Waals surface area contributed by atoms with Crippen LogP contribution in [0.25, 0.3) is 11.4 Å². The van der Waals surface area contributed by atoms with Crippen LogP contribution in [0.3, 0.4) is 0 Å². The monoisotopic (exact) mass is 311 g/mol. The molecule has 0 saturated carbocycles. The van der Waals surface area contributed by atoms with Gasteiger partial charge in [-0.1, -0.05) is 0 Å². The van der Waals surface area contributed by atoms with Gasteiger partial charge >= 0.3 is 0 Å². The van der Waals surface area contributed by atoms with E-state index in [1.165, 1.54) is 0 Å². The highest BCUT2D eigenvalue weighted by Gasteiger charge is 2.20. The van der Waals surface area contributed by atoms with Crippen LogP contribution < -0.4 is 16.0 Å². The Morgan fingerprint density at radius 2 is 1.22 bits per heavy atom. The van der Waals surface area contributed by atoms with Gasteiger partial charge in [-0.05, 0) is 24.3 Å². The highest BCUT2D eigenvalue weighted by Crippen LogP contribution is 2.22. The van der Waals surface area contributed by atoms with Gasteiger partial charge in [-0.3, -0.25) is 19.6 Å². The van der Waals surface area contributed by atoms with Crippen LogP contribution in [-0.4, -0.2) is 48.0 Å². The van der Waals surface area contributed by atoms with Gasteiger partial charge in [0.15, 0.2) is 0 Å². The SMILES string of the molecule is O=C1NCCNCCNC(=O)c2cccnc2-c2ncccc21. The van der Waals surface area contributed by atoms with Crippen molar-refractivity contribution in [1.82, 2.24) is 25.9 Å². The van der Waals surface area contributed by atoms with Gasteiger partial charge in [0.05, 0.1) is 11.1 Å². The summed E-state index contributed by atoms with van der Waals surface area (Å²) in [7, 11) is 0. The van der Waals surface area contributed by atoms with Crippen molar-refractivity contribution in [3.05, 3.63) is 47.8 Å². The molecule has 0 aromatic carbocycles. The summed E-state index contributed by atoms with van der Waals surface area (Å²) in [4.78, 5) is 33.3. The third-order valence-corrected chi connectivity index (χ3v) is 3.50. The summed E-state index contributed by atoms with van der Waals surface area (Å²) >= 11 is 0. The zero-order valence-corrected chi connectivity index (χ0v) is 12.5. The summed E-state index contributed by atoms with van der Waals surface area (Å²) < 4.78 is 0. The van der Waals surface area contributed by atoms with E-state index in [2.05, 4.69) is 25.9 Å². The van der Waals surface area contributed by atoms with E-state index in [4.69, 9.17) is 0 Å². The molecule has 3 N–H and O–H groups in total. The third-order valence-electron chi connectivity index (χ3n) is 3.50. The minimum Gasteiger partial charge on any atom is -0.351 e. The lowest BCUT2D eigenvalue weighted by atomic mass is 10.0. The molecule has 0 fully saturated rings. The molecule has 7 nitrogen and oxygen atoms in total. The first-order valence-corrected chi connectivity index (χ1v) is 7.45. The van der Waals surface area contributed by atoms with Crippen LogP contribution in [0.4, 0.5) is 0 Å². The van der Waals surface area contributed by atoms with Gasteiger partial charge in [-0.2, -0.15) is 0 Å². The molecule has 0 atom stereocenters. The van der Waals surface area contributed by atoms with Crippen LogP contribution in [0.15, 0.2) is 36.7 Å². The van der Waals surface area contributed by atoms with Crippen LogP contribution in [0.5, 0.6) is 0 Å². The highest BCUT2D eigenvalue weighted by molar-refractivity contribution is 6.04. The van der Waals surface area contributed by atoms with Crippen molar-refractivity contribution in [3.63, 3.8) is 0 Å². The molecule has 0 spiro atoms. The molecule has 7 heteroatoms. The molecular weight excluding hydrogens is 294 g/mol. The molecule has 0 unspecified atom stereocenters. The summed E-state index contributed by atoms with van der Waals surface area (Å²) in [6, 6.07) is 6.75. The molecule has 0 radical (unpaired) electrons. The van der Waals surface area contributed by atoms with Crippen molar-refractivity contribution in [3.8, 4) is 11.4 Å². The second-order valence-electron chi connectivity index (χ2n) is 5.06. The first-order chi connectivity index (χ1) is 11.3. The minimum absolute atomic E-state index is 0.230. The predicted octanol–water partition coefficient (Wildman–Crippen LogP) is 0.206. The number of hydrogen-bond donors (Lipinski definition) is 3.